The molecule has 0 N–H and O–H groups in total. The fourth-order valence-corrected chi connectivity index (χ4v) is 3.63. The van der Waals surface area contributed by atoms with Crippen molar-refractivity contribution in [2.45, 2.75) is 17.7 Å². The van der Waals surface area contributed by atoms with E-state index in [1.54, 1.807) is 24.0 Å². The summed E-state index contributed by atoms with van der Waals surface area (Å²) in [4.78, 5) is 26.7. The second-order valence-corrected chi connectivity index (χ2v) is 7.75. The van der Waals surface area contributed by atoms with Gasteiger partial charge < -0.3 is 9.80 Å². The van der Waals surface area contributed by atoms with Gasteiger partial charge in [0.25, 0.3) is 5.69 Å². The Balaban J connectivity index is 1.60. The standard InChI is InChI=1S/C15H17Cl2N3O3/c1-14(10-15(14,16)17)13(21)19-8-6-18(7-9-19)11-2-4-12(5-3-11)20(22)23/h2-5H,6-10H2,1H3. The van der Waals surface area contributed by atoms with Crippen LogP contribution in [0.25, 0.3) is 0 Å². The average Bonchev–Trinajstić information content (AvgIpc) is 3.06. The molecule has 1 saturated heterocycles. The number of alkyl halides is 2. The van der Waals surface area contributed by atoms with E-state index in [0.29, 0.717) is 32.6 Å². The molecular weight excluding hydrogens is 341 g/mol. The summed E-state index contributed by atoms with van der Waals surface area (Å²) in [7, 11) is 0. The van der Waals surface area contributed by atoms with Gasteiger partial charge in [0.05, 0.1) is 10.3 Å². The first-order chi connectivity index (χ1) is 10.7. The molecule has 1 aromatic rings. The summed E-state index contributed by atoms with van der Waals surface area (Å²) < 4.78 is -0.945. The van der Waals surface area contributed by atoms with Crippen molar-refractivity contribution in [2.24, 2.45) is 5.41 Å². The van der Waals surface area contributed by atoms with Gasteiger partial charge in [-0.15, -0.1) is 23.2 Å². The minimum atomic E-state index is -0.945. The molecule has 2 aliphatic rings. The fraction of sp³-hybridized carbons (Fsp3) is 0.533. The number of carbonyl (C=O) groups is 1. The largest absolute Gasteiger partial charge is 0.368 e. The van der Waals surface area contributed by atoms with Gasteiger partial charge in [-0.3, -0.25) is 14.9 Å². The molecular formula is C15H17Cl2N3O3. The second kappa shape index (κ2) is 5.53. The number of nitrogens with zero attached hydrogens (tertiary/aromatic N) is 3. The van der Waals surface area contributed by atoms with Crippen LogP contribution in [0.4, 0.5) is 11.4 Å². The van der Waals surface area contributed by atoms with Crippen molar-refractivity contribution in [1.29, 1.82) is 0 Å². The van der Waals surface area contributed by atoms with Gasteiger partial charge in [-0.1, -0.05) is 0 Å². The Morgan fingerprint density at radius 3 is 2.13 bits per heavy atom. The quantitative estimate of drug-likeness (QED) is 0.473. The lowest BCUT2D eigenvalue weighted by Gasteiger charge is -2.37. The van der Waals surface area contributed by atoms with Gasteiger partial charge in [0.15, 0.2) is 0 Å². The van der Waals surface area contributed by atoms with Gasteiger partial charge in [0.1, 0.15) is 4.33 Å². The highest BCUT2D eigenvalue weighted by Crippen LogP contribution is 2.64. The van der Waals surface area contributed by atoms with Crippen molar-refractivity contribution in [3.63, 3.8) is 0 Å². The maximum atomic E-state index is 12.5. The predicted molar refractivity (Wildman–Crippen MR) is 89.1 cm³/mol. The molecule has 1 aliphatic heterocycles. The summed E-state index contributed by atoms with van der Waals surface area (Å²) in [6.45, 7) is 4.34. The zero-order chi connectivity index (χ0) is 16.8. The van der Waals surface area contributed by atoms with E-state index in [2.05, 4.69) is 4.90 Å². The number of hydrogen-bond acceptors (Lipinski definition) is 4. The highest BCUT2D eigenvalue weighted by atomic mass is 35.5. The molecule has 2 fully saturated rings. The first kappa shape index (κ1) is 16.3. The van der Waals surface area contributed by atoms with Crippen LogP contribution in [0.2, 0.25) is 0 Å². The monoisotopic (exact) mass is 357 g/mol. The number of non-ortho nitro benzene ring substituents is 1. The van der Waals surface area contributed by atoms with Crippen LogP contribution in [0.15, 0.2) is 24.3 Å². The minimum Gasteiger partial charge on any atom is -0.368 e. The maximum Gasteiger partial charge on any atom is 0.269 e. The lowest BCUT2D eigenvalue weighted by atomic mass is 10.1. The van der Waals surface area contributed by atoms with E-state index in [-0.39, 0.29) is 11.6 Å². The summed E-state index contributed by atoms with van der Waals surface area (Å²) in [6.07, 6.45) is 0.491. The lowest BCUT2D eigenvalue weighted by Crippen LogP contribution is -2.51. The number of amides is 1. The number of halogens is 2. The number of anilines is 1. The number of rotatable bonds is 3. The van der Waals surface area contributed by atoms with Gasteiger partial charge in [-0.2, -0.15) is 0 Å². The van der Waals surface area contributed by atoms with Crippen molar-refractivity contribution in [2.75, 3.05) is 31.1 Å². The Hall–Kier alpha value is -1.53. The zero-order valence-corrected chi connectivity index (χ0v) is 14.2. The van der Waals surface area contributed by atoms with Crippen LogP contribution >= 0.6 is 23.2 Å². The molecule has 1 saturated carbocycles. The first-order valence-electron chi connectivity index (χ1n) is 7.41. The van der Waals surface area contributed by atoms with Crippen LogP contribution in [-0.4, -0.2) is 46.2 Å². The van der Waals surface area contributed by atoms with Gasteiger partial charge >= 0.3 is 0 Å². The molecule has 3 rings (SSSR count). The predicted octanol–water partition coefficient (Wildman–Crippen LogP) is 2.83. The number of nitro benzene ring substituents is 1. The molecule has 8 heteroatoms. The molecule has 6 nitrogen and oxygen atoms in total. The topological polar surface area (TPSA) is 66.7 Å². The molecule has 1 amide bonds. The third-order valence-corrected chi connectivity index (χ3v) is 5.82. The van der Waals surface area contributed by atoms with E-state index < -0.39 is 14.7 Å². The van der Waals surface area contributed by atoms with Crippen LogP contribution in [0.1, 0.15) is 13.3 Å². The fourth-order valence-electron chi connectivity index (χ4n) is 2.93. The summed E-state index contributed by atoms with van der Waals surface area (Å²) in [5.41, 5.74) is 0.320. The van der Waals surface area contributed by atoms with E-state index in [4.69, 9.17) is 23.2 Å². The maximum absolute atomic E-state index is 12.5. The number of hydrogen-bond donors (Lipinski definition) is 0. The summed E-state index contributed by atoms with van der Waals surface area (Å²) in [5, 5.41) is 10.7. The normalized spacial score (nSPS) is 26.0. The zero-order valence-electron chi connectivity index (χ0n) is 12.7. The molecule has 0 bridgehead atoms. The Morgan fingerprint density at radius 2 is 1.70 bits per heavy atom. The molecule has 23 heavy (non-hydrogen) atoms. The highest BCUT2D eigenvalue weighted by molar-refractivity contribution is 6.53. The number of piperazine rings is 1. The minimum absolute atomic E-state index is 0.00542. The van der Waals surface area contributed by atoms with Gasteiger partial charge in [-0.05, 0) is 25.5 Å². The number of nitro groups is 1. The van der Waals surface area contributed by atoms with Crippen LogP contribution < -0.4 is 4.90 Å². The Labute approximate surface area is 144 Å². The van der Waals surface area contributed by atoms with Crippen molar-refractivity contribution in [3.05, 3.63) is 34.4 Å². The Morgan fingerprint density at radius 1 is 1.17 bits per heavy atom. The highest BCUT2D eigenvalue weighted by Gasteiger charge is 2.68. The van der Waals surface area contributed by atoms with E-state index >= 15 is 0 Å². The van der Waals surface area contributed by atoms with Gasteiger partial charge in [0.2, 0.25) is 5.91 Å². The van der Waals surface area contributed by atoms with Crippen LogP contribution in [0, 0.1) is 15.5 Å². The molecule has 0 radical (unpaired) electrons. The molecule has 0 spiro atoms. The van der Waals surface area contributed by atoms with E-state index in [9.17, 15) is 14.9 Å². The summed E-state index contributed by atoms with van der Waals surface area (Å²) in [5.74, 6) is 0.00542. The van der Waals surface area contributed by atoms with E-state index in [1.165, 1.54) is 12.1 Å². The molecule has 1 heterocycles. The van der Waals surface area contributed by atoms with Gasteiger partial charge in [-0.25, -0.2) is 0 Å². The molecule has 0 aromatic heterocycles. The van der Waals surface area contributed by atoms with Crippen molar-refractivity contribution < 1.29 is 9.72 Å². The Kier molecular flexibility index (Phi) is 3.92. The van der Waals surface area contributed by atoms with Crippen LogP contribution in [0.3, 0.4) is 0 Å². The van der Waals surface area contributed by atoms with Gasteiger partial charge in [0, 0.05) is 44.0 Å². The van der Waals surface area contributed by atoms with E-state index in [0.717, 1.165) is 5.69 Å². The lowest BCUT2D eigenvalue weighted by molar-refractivity contribution is -0.384. The summed E-state index contributed by atoms with van der Waals surface area (Å²) in [6, 6.07) is 6.46. The van der Waals surface area contributed by atoms with E-state index in [1.807, 2.05) is 0 Å². The first-order valence-corrected chi connectivity index (χ1v) is 8.17. The third-order valence-electron chi connectivity index (χ3n) is 4.72. The van der Waals surface area contributed by atoms with Crippen LogP contribution in [-0.2, 0) is 4.79 Å². The van der Waals surface area contributed by atoms with Crippen molar-refractivity contribution in [1.82, 2.24) is 4.90 Å². The third kappa shape index (κ3) is 2.85. The smallest absolute Gasteiger partial charge is 0.269 e. The van der Waals surface area contributed by atoms with Crippen LogP contribution in [0.5, 0.6) is 0 Å². The SMILES string of the molecule is CC1(C(=O)N2CCN(c3ccc([N+](=O)[O-])cc3)CC2)CC1(Cl)Cl. The Bertz CT molecular complexity index is 642. The molecule has 1 aromatic carbocycles. The molecule has 1 unspecified atom stereocenters. The number of carbonyl (C=O) groups excluding carboxylic acids is 1. The van der Waals surface area contributed by atoms with Crippen molar-refractivity contribution in [3.8, 4) is 0 Å². The average molecular weight is 358 g/mol. The summed E-state index contributed by atoms with van der Waals surface area (Å²) >= 11 is 12.2. The van der Waals surface area contributed by atoms with Crippen molar-refractivity contribution >= 4 is 40.5 Å². The molecule has 1 atom stereocenters. The number of benzene rings is 1. The molecule has 124 valence electrons. The molecule has 1 aliphatic carbocycles. The second-order valence-electron chi connectivity index (χ2n) is 6.27.